The number of rotatable bonds is 5. The molecule has 0 atom stereocenters. The van der Waals surface area contributed by atoms with E-state index in [1.54, 1.807) is 11.2 Å². The van der Waals surface area contributed by atoms with E-state index >= 15 is 0 Å². The summed E-state index contributed by atoms with van der Waals surface area (Å²) in [6, 6.07) is 23.8. The van der Waals surface area contributed by atoms with E-state index in [0.717, 1.165) is 58.2 Å². The molecule has 0 spiro atoms. The van der Waals surface area contributed by atoms with Gasteiger partial charge in [-0.2, -0.15) is 0 Å². The molecule has 40 heavy (non-hydrogen) atoms. The van der Waals surface area contributed by atoms with Gasteiger partial charge in [0, 0.05) is 22.5 Å². The highest BCUT2D eigenvalue weighted by atomic mass is 35.5. The second-order valence-corrected chi connectivity index (χ2v) is 11.3. The number of carbonyl (C=O) groups excluding carboxylic acids is 1. The van der Waals surface area contributed by atoms with E-state index < -0.39 is 0 Å². The Morgan fingerprint density at radius 1 is 1.05 bits per heavy atom. The van der Waals surface area contributed by atoms with Gasteiger partial charge in [0.15, 0.2) is 0 Å². The first-order valence-electron chi connectivity index (χ1n) is 13.7. The summed E-state index contributed by atoms with van der Waals surface area (Å²) < 4.78 is 5.72. The fourth-order valence-electron chi connectivity index (χ4n) is 5.97. The minimum absolute atomic E-state index is 0.00289. The smallest absolute Gasteiger partial charge is 0.256 e. The normalized spacial score (nSPS) is 16.0. The number of hydrogen-bond acceptors (Lipinski definition) is 4. The molecule has 5 aromatic rings. The van der Waals surface area contributed by atoms with E-state index in [2.05, 4.69) is 11.1 Å². The summed E-state index contributed by atoms with van der Waals surface area (Å²) >= 11 is 6.26. The summed E-state index contributed by atoms with van der Waals surface area (Å²) in [6.45, 7) is 0.864. The van der Waals surface area contributed by atoms with Gasteiger partial charge in [-0.25, -0.2) is 4.98 Å². The molecule has 1 aliphatic heterocycles. The lowest BCUT2D eigenvalue weighted by atomic mass is 9.94. The van der Waals surface area contributed by atoms with Crippen LogP contribution in [-0.4, -0.2) is 27.3 Å². The molecular formula is C33H28ClN3O3. The van der Waals surface area contributed by atoms with Crippen LogP contribution in [0.25, 0.3) is 22.1 Å². The quantitative estimate of drug-likeness (QED) is 0.274. The number of hydrogen-bond donors (Lipinski definition) is 1. The van der Waals surface area contributed by atoms with Crippen LogP contribution in [0, 0.1) is 0 Å². The van der Waals surface area contributed by atoms with E-state index in [1.165, 1.54) is 0 Å². The van der Waals surface area contributed by atoms with Crippen LogP contribution in [-0.2, 0) is 29.6 Å². The molecule has 6 nitrogen and oxygen atoms in total. The third kappa shape index (κ3) is 4.42. The van der Waals surface area contributed by atoms with Gasteiger partial charge in [0.25, 0.3) is 5.56 Å². The maximum atomic E-state index is 13.5. The second kappa shape index (κ2) is 9.79. The number of benzene rings is 3. The number of furan rings is 1. The molecule has 1 amide bonds. The van der Waals surface area contributed by atoms with Crippen molar-refractivity contribution in [2.24, 2.45) is 0 Å². The zero-order valence-corrected chi connectivity index (χ0v) is 22.7. The highest BCUT2D eigenvalue weighted by Crippen LogP contribution is 2.52. The monoisotopic (exact) mass is 549 g/mol. The van der Waals surface area contributed by atoms with Crippen LogP contribution in [0.3, 0.4) is 0 Å². The Morgan fingerprint density at radius 3 is 2.75 bits per heavy atom. The van der Waals surface area contributed by atoms with Crippen molar-refractivity contribution in [2.75, 3.05) is 6.54 Å². The lowest BCUT2D eigenvalue weighted by molar-refractivity contribution is -0.131. The molecular weight excluding hydrogens is 522 g/mol. The van der Waals surface area contributed by atoms with Crippen LogP contribution in [0.1, 0.15) is 47.5 Å². The first-order valence-corrected chi connectivity index (χ1v) is 14.1. The topological polar surface area (TPSA) is 79.2 Å². The van der Waals surface area contributed by atoms with Crippen LogP contribution in [0.5, 0.6) is 0 Å². The molecule has 7 heteroatoms. The van der Waals surface area contributed by atoms with Crippen molar-refractivity contribution in [1.29, 1.82) is 0 Å². The standard InChI is InChI=1S/C33H28ClN3O3/c34-24-9-4-8-23(18-24)33(13-14-33)32-35-28-11-5-15-37(19-26(28)31(39)36-32)30(38)17-21-6-3-7-22(16-21)27-20-40-29-12-2-1-10-25(27)29/h1-4,6-10,12,16,18,20H,5,11,13-15,17,19H2,(H,35,36,39). The minimum atomic E-state index is -0.285. The SMILES string of the molecule is O=C(Cc1cccc(-c2coc3ccccc23)c1)N1CCCc2nc(C3(c4cccc(Cl)c4)CC3)[nH]c(=O)c2C1. The van der Waals surface area contributed by atoms with Crippen molar-refractivity contribution < 1.29 is 9.21 Å². The first kappa shape index (κ1) is 24.9. The fraction of sp³-hybridized carbons (Fsp3) is 0.242. The van der Waals surface area contributed by atoms with Crippen LogP contribution >= 0.6 is 11.6 Å². The number of H-pyrrole nitrogens is 1. The van der Waals surface area contributed by atoms with Gasteiger partial charge >= 0.3 is 0 Å². The van der Waals surface area contributed by atoms with Crippen LogP contribution in [0.2, 0.25) is 5.02 Å². The molecule has 1 aliphatic carbocycles. The number of aromatic nitrogens is 2. The van der Waals surface area contributed by atoms with Gasteiger partial charge in [-0.15, -0.1) is 0 Å². The average molecular weight is 550 g/mol. The number of nitrogens with one attached hydrogen (secondary N) is 1. The van der Waals surface area contributed by atoms with Gasteiger partial charge in [-0.3, -0.25) is 9.59 Å². The Bertz CT molecular complexity index is 1820. The molecule has 7 rings (SSSR count). The molecule has 0 saturated heterocycles. The predicted octanol–water partition coefficient (Wildman–Crippen LogP) is 6.43. The van der Waals surface area contributed by atoms with Gasteiger partial charge in [0.2, 0.25) is 5.91 Å². The summed E-state index contributed by atoms with van der Waals surface area (Å²) in [5, 5.41) is 1.73. The fourth-order valence-corrected chi connectivity index (χ4v) is 6.16. The Morgan fingerprint density at radius 2 is 1.90 bits per heavy atom. The molecule has 0 radical (unpaired) electrons. The summed E-state index contributed by atoms with van der Waals surface area (Å²) in [6.07, 6.45) is 5.31. The maximum Gasteiger partial charge on any atom is 0.256 e. The Balaban J connectivity index is 1.12. The van der Waals surface area contributed by atoms with Crippen molar-refractivity contribution in [1.82, 2.24) is 14.9 Å². The molecule has 0 bridgehead atoms. The number of fused-ring (bicyclic) bond motifs is 2. The van der Waals surface area contributed by atoms with Gasteiger partial charge in [-0.1, -0.05) is 66.2 Å². The maximum absolute atomic E-state index is 13.5. The third-order valence-corrected chi connectivity index (χ3v) is 8.53. The van der Waals surface area contributed by atoms with Crippen molar-refractivity contribution in [2.45, 2.75) is 44.1 Å². The van der Waals surface area contributed by atoms with Crippen molar-refractivity contribution in [3.63, 3.8) is 0 Å². The lowest BCUT2D eigenvalue weighted by Crippen LogP contribution is -2.34. The van der Waals surface area contributed by atoms with E-state index in [-0.39, 0.29) is 29.8 Å². The highest BCUT2D eigenvalue weighted by Gasteiger charge is 2.48. The molecule has 3 heterocycles. The van der Waals surface area contributed by atoms with E-state index in [0.29, 0.717) is 29.4 Å². The zero-order chi connectivity index (χ0) is 27.3. The first-order chi connectivity index (χ1) is 19.5. The average Bonchev–Trinajstić information content (AvgIpc) is 3.71. The number of para-hydroxylation sites is 1. The molecule has 1 saturated carbocycles. The molecule has 2 aliphatic rings. The molecule has 3 aromatic carbocycles. The van der Waals surface area contributed by atoms with Gasteiger partial charge in [0.05, 0.1) is 35.9 Å². The molecule has 200 valence electrons. The summed E-state index contributed by atoms with van der Waals surface area (Å²) in [5.41, 5.74) is 5.83. The number of aryl methyl sites for hydroxylation is 1. The van der Waals surface area contributed by atoms with Gasteiger partial charge in [-0.05, 0) is 60.6 Å². The number of amides is 1. The second-order valence-electron chi connectivity index (χ2n) is 10.9. The molecule has 1 fully saturated rings. The van der Waals surface area contributed by atoms with Crippen LogP contribution < -0.4 is 5.56 Å². The van der Waals surface area contributed by atoms with Gasteiger partial charge < -0.3 is 14.3 Å². The van der Waals surface area contributed by atoms with E-state index in [9.17, 15) is 9.59 Å². The Labute approximate surface area is 236 Å². The molecule has 1 N–H and O–H groups in total. The Hall–Kier alpha value is -4.16. The molecule has 0 unspecified atom stereocenters. The minimum Gasteiger partial charge on any atom is -0.464 e. The summed E-state index contributed by atoms with van der Waals surface area (Å²) in [7, 11) is 0. The highest BCUT2D eigenvalue weighted by molar-refractivity contribution is 6.30. The third-order valence-electron chi connectivity index (χ3n) is 8.30. The van der Waals surface area contributed by atoms with Crippen molar-refractivity contribution in [3.8, 4) is 11.1 Å². The van der Waals surface area contributed by atoms with Crippen molar-refractivity contribution >= 4 is 28.5 Å². The lowest BCUT2D eigenvalue weighted by Gasteiger charge is -2.21. The van der Waals surface area contributed by atoms with Crippen molar-refractivity contribution in [3.05, 3.63) is 123 Å². The number of nitrogens with zero attached hydrogens (tertiary/aromatic N) is 2. The van der Waals surface area contributed by atoms with Crippen LogP contribution in [0.15, 0.2) is 88.3 Å². The predicted molar refractivity (Wildman–Crippen MR) is 155 cm³/mol. The largest absolute Gasteiger partial charge is 0.464 e. The Kier molecular flexibility index (Phi) is 6.08. The summed E-state index contributed by atoms with van der Waals surface area (Å²) in [4.78, 5) is 36.7. The van der Waals surface area contributed by atoms with Crippen LogP contribution in [0.4, 0.5) is 0 Å². The number of carbonyl (C=O) groups is 1. The number of halogens is 1. The summed E-state index contributed by atoms with van der Waals surface area (Å²) in [5.74, 6) is 0.713. The molecule has 2 aromatic heterocycles. The zero-order valence-electron chi connectivity index (χ0n) is 22.0. The number of aromatic amines is 1. The van der Waals surface area contributed by atoms with Gasteiger partial charge in [0.1, 0.15) is 11.4 Å². The van der Waals surface area contributed by atoms with E-state index in [1.807, 2.05) is 66.7 Å². The van der Waals surface area contributed by atoms with E-state index in [4.69, 9.17) is 21.0 Å².